The fourth-order valence-electron chi connectivity index (χ4n) is 2.11. The summed E-state index contributed by atoms with van der Waals surface area (Å²) in [6.45, 7) is 0.935. The highest BCUT2D eigenvalue weighted by molar-refractivity contribution is 7.87. The summed E-state index contributed by atoms with van der Waals surface area (Å²) in [6, 6.07) is 1.40. The number of anilines is 1. The fraction of sp³-hybridized carbons (Fsp3) is 0.583. The van der Waals surface area contributed by atoms with Gasteiger partial charge in [0.25, 0.3) is 0 Å². The van der Waals surface area contributed by atoms with Crippen LogP contribution >= 0.6 is 0 Å². The molecule has 0 aromatic carbocycles. The Hall–Kier alpha value is -1.62. The highest BCUT2D eigenvalue weighted by Crippen LogP contribution is 2.29. The van der Waals surface area contributed by atoms with E-state index in [4.69, 9.17) is 4.74 Å². The van der Waals surface area contributed by atoms with Gasteiger partial charge in [-0.15, -0.1) is 0 Å². The summed E-state index contributed by atoms with van der Waals surface area (Å²) in [6.07, 6.45) is 1.17. The Labute approximate surface area is 130 Å². The second kappa shape index (κ2) is 6.48. The summed E-state index contributed by atoms with van der Waals surface area (Å²) in [5.41, 5.74) is -5.59. The third-order valence-corrected chi connectivity index (χ3v) is 4.31. The van der Waals surface area contributed by atoms with E-state index in [1.54, 1.807) is 0 Å². The van der Waals surface area contributed by atoms with E-state index < -0.39 is 27.3 Å². The van der Waals surface area contributed by atoms with Crippen LogP contribution < -0.4 is 9.08 Å². The molecule has 0 bridgehead atoms. The lowest BCUT2D eigenvalue weighted by atomic mass is 10.1. The van der Waals surface area contributed by atoms with Gasteiger partial charge in [0.2, 0.25) is 5.88 Å². The molecule has 0 aliphatic carbocycles. The number of halogens is 4. The smallest absolute Gasteiger partial charge is 0.381 e. The Morgan fingerprint density at radius 3 is 2.48 bits per heavy atom. The van der Waals surface area contributed by atoms with E-state index in [1.807, 2.05) is 0 Å². The van der Waals surface area contributed by atoms with Crippen molar-refractivity contribution in [3.63, 3.8) is 0 Å². The molecule has 1 aromatic rings. The van der Waals surface area contributed by atoms with Crippen LogP contribution in [0.5, 0.6) is 5.88 Å². The summed E-state index contributed by atoms with van der Waals surface area (Å²) >= 11 is 0. The molecule has 0 unspecified atom stereocenters. The summed E-state index contributed by atoms with van der Waals surface area (Å²) in [7, 11) is -4.34. The summed E-state index contributed by atoms with van der Waals surface area (Å²) in [5, 5.41) is 0. The monoisotopic (exact) mass is 358 g/mol. The molecule has 11 heteroatoms. The first kappa shape index (κ1) is 17.7. The number of hydrogen-bond acceptors (Lipinski definition) is 6. The molecule has 0 spiro atoms. The van der Waals surface area contributed by atoms with E-state index in [0.717, 1.165) is 12.1 Å². The summed E-state index contributed by atoms with van der Waals surface area (Å²) in [4.78, 5) is 4.99. The molecule has 1 aromatic heterocycles. The molecular formula is C12H14F4N2O4S. The van der Waals surface area contributed by atoms with Crippen molar-refractivity contribution in [3.8, 4) is 5.88 Å². The molecule has 1 aliphatic rings. The number of alkyl halides is 3. The number of pyridine rings is 1. The Kier molecular flexibility index (Phi) is 4.99. The zero-order valence-electron chi connectivity index (χ0n) is 12.0. The molecule has 0 radical (unpaired) electrons. The highest BCUT2D eigenvalue weighted by Gasteiger charge is 2.49. The van der Waals surface area contributed by atoms with Crippen molar-refractivity contribution in [2.75, 3.05) is 25.2 Å². The topological polar surface area (TPSA) is 68.7 Å². The lowest BCUT2D eigenvalue weighted by molar-refractivity contribution is -0.0501. The van der Waals surface area contributed by atoms with Gasteiger partial charge in [0, 0.05) is 32.4 Å². The van der Waals surface area contributed by atoms with Crippen LogP contribution in [0, 0.1) is 5.82 Å². The molecule has 23 heavy (non-hydrogen) atoms. The molecular weight excluding hydrogens is 344 g/mol. The number of ether oxygens (including phenoxy) is 1. The summed E-state index contributed by atoms with van der Waals surface area (Å²) in [5.74, 6) is -1.93. The number of hydrogen-bond donors (Lipinski definition) is 0. The third-order valence-electron chi connectivity index (χ3n) is 3.35. The first-order valence-electron chi connectivity index (χ1n) is 6.59. The van der Waals surface area contributed by atoms with Crippen molar-refractivity contribution in [3.05, 3.63) is 17.9 Å². The zero-order valence-corrected chi connectivity index (χ0v) is 12.8. The van der Waals surface area contributed by atoms with Gasteiger partial charge in [-0.05, 0) is 18.9 Å². The molecule has 2 rings (SSSR count). The molecule has 1 aliphatic heterocycles. The van der Waals surface area contributed by atoms with Crippen LogP contribution in [0.1, 0.15) is 12.8 Å². The minimum atomic E-state index is -5.85. The minimum absolute atomic E-state index is 0.125. The van der Waals surface area contributed by atoms with Crippen LogP contribution in [0.15, 0.2) is 12.1 Å². The van der Waals surface area contributed by atoms with Gasteiger partial charge in [-0.1, -0.05) is 0 Å². The molecule has 0 amide bonds. The molecule has 130 valence electrons. The maximum atomic E-state index is 13.9. The van der Waals surface area contributed by atoms with Crippen molar-refractivity contribution >= 4 is 15.9 Å². The highest BCUT2D eigenvalue weighted by atomic mass is 32.2. The number of nitrogens with zero attached hydrogens (tertiary/aromatic N) is 2. The quantitative estimate of drug-likeness (QED) is 0.466. The molecule has 0 saturated carbocycles. The van der Waals surface area contributed by atoms with E-state index in [1.165, 1.54) is 11.9 Å². The standard InChI is InChI=1S/C12H14F4N2O4S/c1-18(8-4-6-21-7-5-8)11-9(13)2-3-10(17-11)22-23(19,20)12(14,15)16/h2-3,8H,4-7H2,1H3. The predicted octanol–water partition coefficient (Wildman–Crippen LogP) is 2.06. The molecule has 1 saturated heterocycles. The van der Waals surface area contributed by atoms with E-state index in [9.17, 15) is 26.0 Å². The van der Waals surface area contributed by atoms with Crippen molar-refractivity contribution in [1.82, 2.24) is 4.98 Å². The Morgan fingerprint density at radius 2 is 1.91 bits per heavy atom. The number of aromatic nitrogens is 1. The Balaban J connectivity index is 2.25. The lowest BCUT2D eigenvalue weighted by Crippen LogP contribution is -2.37. The minimum Gasteiger partial charge on any atom is -0.381 e. The van der Waals surface area contributed by atoms with E-state index in [0.29, 0.717) is 26.1 Å². The van der Waals surface area contributed by atoms with Crippen LogP contribution in [0.3, 0.4) is 0 Å². The van der Waals surface area contributed by atoms with Gasteiger partial charge in [0.1, 0.15) is 0 Å². The van der Waals surface area contributed by atoms with Gasteiger partial charge in [-0.3, -0.25) is 0 Å². The van der Waals surface area contributed by atoms with Crippen LogP contribution in [0.4, 0.5) is 23.4 Å². The third kappa shape index (κ3) is 4.02. The summed E-state index contributed by atoms with van der Waals surface area (Å²) < 4.78 is 81.9. The van der Waals surface area contributed by atoms with Crippen LogP contribution in [0.2, 0.25) is 0 Å². The van der Waals surface area contributed by atoms with Gasteiger partial charge in [-0.2, -0.15) is 26.6 Å². The predicted molar refractivity (Wildman–Crippen MR) is 72.0 cm³/mol. The molecule has 6 nitrogen and oxygen atoms in total. The number of rotatable bonds is 4. The van der Waals surface area contributed by atoms with Gasteiger partial charge in [0.15, 0.2) is 11.6 Å². The van der Waals surface area contributed by atoms with Crippen LogP contribution in [0.25, 0.3) is 0 Å². The van der Waals surface area contributed by atoms with Gasteiger partial charge in [-0.25, -0.2) is 4.39 Å². The van der Waals surface area contributed by atoms with E-state index in [-0.39, 0.29) is 11.9 Å². The van der Waals surface area contributed by atoms with Gasteiger partial charge >= 0.3 is 15.6 Å². The Morgan fingerprint density at radius 1 is 1.30 bits per heavy atom. The SMILES string of the molecule is CN(c1nc(OS(=O)(=O)C(F)(F)F)ccc1F)C1CCOCC1. The van der Waals surface area contributed by atoms with Gasteiger partial charge in [0.05, 0.1) is 0 Å². The van der Waals surface area contributed by atoms with Crippen molar-refractivity contribution < 1.29 is 34.9 Å². The average Bonchev–Trinajstić information content (AvgIpc) is 2.48. The first-order chi connectivity index (χ1) is 10.6. The largest absolute Gasteiger partial charge is 0.534 e. The van der Waals surface area contributed by atoms with Crippen molar-refractivity contribution in [2.24, 2.45) is 0 Å². The van der Waals surface area contributed by atoms with E-state index >= 15 is 0 Å². The molecule has 1 fully saturated rings. The lowest BCUT2D eigenvalue weighted by Gasteiger charge is -2.32. The maximum absolute atomic E-state index is 13.9. The van der Waals surface area contributed by atoms with Crippen molar-refractivity contribution in [1.29, 1.82) is 0 Å². The average molecular weight is 358 g/mol. The second-order valence-corrected chi connectivity index (χ2v) is 6.43. The van der Waals surface area contributed by atoms with Gasteiger partial charge < -0.3 is 13.8 Å². The zero-order chi connectivity index (χ0) is 17.3. The molecule has 2 heterocycles. The normalized spacial score (nSPS) is 17.1. The van der Waals surface area contributed by atoms with Crippen molar-refractivity contribution in [2.45, 2.75) is 24.4 Å². The Bertz CT molecular complexity index is 660. The molecule has 0 N–H and O–H groups in total. The van der Waals surface area contributed by atoms with E-state index in [2.05, 4.69) is 9.17 Å². The van der Waals surface area contributed by atoms with Crippen LogP contribution in [-0.4, -0.2) is 45.2 Å². The fourth-order valence-corrected chi connectivity index (χ4v) is 2.52. The first-order valence-corrected chi connectivity index (χ1v) is 8.00. The van der Waals surface area contributed by atoms with Crippen LogP contribution in [-0.2, 0) is 14.9 Å². The second-order valence-electron chi connectivity index (χ2n) is 4.89. The maximum Gasteiger partial charge on any atom is 0.534 e. The molecule has 0 atom stereocenters.